The van der Waals surface area contributed by atoms with Crippen LogP contribution >= 0.6 is 22.6 Å². The summed E-state index contributed by atoms with van der Waals surface area (Å²) in [6, 6.07) is 13.8. The second-order valence-corrected chi connectivity index (χ2v) is 6.27. The Morgan fingerprint density at radius 3 is 2.61 bits per heavy atom. The van der Waals surface area contributed by atoms with Crippen molar-refractivity contribution in [3.8, 4) is 5.75 Å². The van der Waals surface area contributed by atoms with Crippen LogP contribution in [0.4, 0.5) is 0 Å². The molecule has 5 heteroatoms. The summed E-state index contributed by atoms with van der Waals surface area (Å²) in [6.07, 6.45) is 0.0321. The van der Waals surface area contributed by atoms with Crippen LogP contribution in [0, 0.1) is 3.57 Å². The van der Waals surface area contributed by atoms with E-state index in [0.717, 1.165) is 3.57 Å². The summed E-state index contributed by atoms with van der Waals surface area (Å²) in [5.74, 6) is 0.714. The second-order valence-electron chi connectivity index (χ2n) is 5.03. The fraction of sp³-hybridized carbons (Fsp3) is 0.111. The molecule has 116 valence electrons. The molecule has 0 radical (unpaired) electrons. The lowest BCUT2D eigenvalue weighted by Crippen LogP contribution is -2.08. The molecule has 0 amide bonds. The Morgan fingerprint density at radius 1 is 1.17 bits per heavy atom. The first-order valence-corrected chi connectivity index (χ1v) is 8.05. The summed E-state index contributed by atoms with van der Waals surface area (Å²) in [5.41, 5.74) is 0.778. The van der Waals surface area contributed by atoms with Crippen LogP contribution in [0.25, 0.3) is 11.0 Å². The molecule has 2 aromatic carbocycles. The first-order valence-electron chi connectivity index (χ1n) is 6.97. The highest BCUT2D eigenvalue weighted by molar-refractivity contribution is 14.1. The Kier molecular flexibility index (Phi) is 4.47. The molecule has 0 atom stereocenters. The zero-order valence-corrected chi connectivity index (χ0v) is 14.5. The van der Waals surface area contributed by atoms with Crippen LogP contribution in [0.5, 0.6) is 5.75 Å². The average Bonchev–Trinajstić information content (AvgIpc) is 2.56. The van der Waals surface area contributed by atoms with Gasteiger partial charge in [-0.15, -0.1) is 0 Å². The Morgan fingerprint density at radius 2 is 1.91 bits per heavy atom. The van der Waals surface area contributed by atoms with Crippen LogP contribution in [0.3, 0.4) is 0 Å². The molecule has 1 aromatic heterocycles. The summed E-state index contributed by atoms with van der Waals surface area (Å²) in [6.45, 7) is 0. The minimum Gasteiger partial charge on any atom is -0.493 e. The molecule has 0 saturated carbocycles. The van der Waals surface area contributed by atoms with Gasteiger partial charge in [0.05, 0.1) is 18.9 Å². The van der Waals surface area contributed by atoms with E-state index in [1.165, 1.54) is 13.2 Å². The maximum Gasteiger partial charge on any atom is 0.193 e. The summed E-state index contributed by atoms with van der Waals surface area (Å²) in [4.78, 5) is 24.6. The molecule has 0 N–H and O–H groups in total. The molecular formula is C18H13IO4. The number of fused-ring (bicyclic) bond motifs is 1. The third kappa shape index (κ3) is 3.29. The third-order valence-electron chi connectivity index (χ3n) is 3.46. The van der Waals surface area contributed by atoms with E-state index in [-0.39, 0.29) is 17.6 Å². The highest BCUT2D eigenvalue weighted by atomic mass is 127. The number of ketones is 1. The number of Topliss-reactive ketones (excluding diaryl/α,β-unsaturated/α-hetero) is 1. The minimum atomic E-state index is -0.182. The number of carbonyl (C=O) groups is 1. The first kappa shape index (κ1) is 15.7. The predicted molar refractivity (Wildman–Crippen MR) is 96.2 cm³/mol. The van der Waals surface area contributed by atoms with E-state index >= 15 is 0 Å². The molecule has 0 fully saturated rings. The molecule has 1 heterocycles. The molecule has 0 aliphatic rings. The second kappa shape index (κ2) is 6.54. The van der Waals surface area contributed by atoms with E-state index in [4.69, 9.17) is 9.15 Å². The Bertz CT molecular complexity index is 929. The molecule has 0 saturated heterocycles. The van der Waals surface area contributed by atoms with Gasteiger partial charge in [0, 0.05) is 15.2 Å². The fourth-order valence-corrected chi connectivity index (χ4v) is 2.96. The molecular weight excluding hydrogens is 407 g/mol. The molecule has 0 bridgehead atoms. The maximum absolute atomic E-state index is 12.3. The largest absolute Gasteiger partial charge is 0.493 e. The van der Waals surface area contributed by atoms with Gasteiger partial charge in [-0.1, -0.05) is 30.3 Å². The van der Waals surface area contributed by atoms with Gasteiger partial charge < -0.3 is 9.15 Å². The van der Waals surface area contributed by atoms with Crippen molar-refractivity contribution in [1.29, 1.82) is 0 Å². The maximum atomic E-state index is 12.3. The Balaban J connectivity index is 2.04. The van der Waals surface area contributed by atoms with E-state index < -0.39 is 0 Å². The van der Waals surface area contributed by atoms with Crippen molar-refractivity contribution in [3.63, 3.8) is 0 Å². The molecule has 0 aliphatic heterocycles. The number of hydrogen-bond acceptors (Lipinski definition) is 4. The van der Waals surface area contributed by atoms with Crippen molar-refractivity contribution < 1.29 is 13.9 Å². The molecule has 0 spiro atoms. The number of benzene rings is 2. The molecule has 0 unspecified atom stereocenters. The first-order chi connectivity index (χ1) is 11.1. The summed E-state index contributed by atoms with van der Waals surface area (Å²) in [7, 11) is 1.52. The normalized spacial score (nSPS) is 10.7. The van der Waals surface area contributed by atoms with Crippen LogP contribution in [-0.2, 0) is 6.42 Å². The van der Waals surface area contributed by atoms with Crippen molar-refractivity contribution in [2.24, 2.45) is 0 Å². The van der Waals surface area contributed by atoms with Crippen LogP contribution in [0.15, 0.2) is 57.7 Å². The third-order valence-corrected chi connectivity index (χ3v) is 4.08. The average molecular weight is 420 g/mol. The number of ether oxygens (including phenoxy) is 1. The van der Waals surface area contributed by atoms with Crippen molar-refractivity contribution in [1.82, 2.24) is 0 Å². The van der Waals surface area contributed by atoms with Gasteiger partial charge in [-0.2, -0.15) is 0 Å². The van der Waals surface area contributed by atoms with E-state index in [9.17, 15) is 9.59 Å². The number of halogens is 1. The van der Waals surface area contributed by atoms with E-state index in [1.54, 1.807) is 36.4 Å². The van der Waals surface area contributed by atoms with Gasteiger partial charge in [0.25, 0.3) is 0 Å². The summed E-state index contributed by atoms with van der Waals surface area (Å²) >= 11 is 2.12. The van der Waals surface area contributed by atoms with Crippen molar-refractivity contribution >= 4 is 39.3 Å². The lowest BCUT2D eigenvalue weighted by atomic mass is 10.1. The lowest BCUT2D eigenvalue weighted by molar-refractivity contribution is 0.0987. The molecule has 23 heavy (non-hydrogen) atoms. The van der Waals surface area contributed by atoms with Crippen LogP contribution in [0.2, 0.25) is 0 Å². The Labute approximate surface area is 146 Å². The van der Waals surface area contributed by atoms with Gasteiger partial charge in [-0.25, -0.2) is 0 Å². The summed E-state index contributed by atoms with van der Waals surface area (Å²) in [5, 5.41) is 0.449. The van der Waals surface area contributed by atoms with Crippen LogP contribution in [-0.4, -0.2) is 12.9 Å². The minimum absolute atomic E-state index is 0.0321. The van der Waals surface area contributed by atoms with Gasteiger partial charge in [0.2, 0.25) is 0 Å². The molecule has 0 aliphatic carbocycles. The molecule has 3 rings (SSSR count). The lowest BCUT2D eigenvalue weighted by Gasteiger charge is -2.07. The van der Waals surface area contributed by atoms with Gasteiger partial charge >= 0.3 is 0 Å². The van der Waals surface area contributed by atoms with Gasteiger partial charge in [-0.3, -0.25) is 9.59 Å². The van der Waals surface area contributed by atoms with Crippen molar-refractivity contribution in [3.05, 3.63) is 73.6 Å². The van der Waals surface area contributed by atoms with Gasteiger partial charge in [0.1, 0.15) is 5.76 Å². The topological polar surface area (TPSA) is 56.5 Å². The number of hydrogen-bond donors (Lipinski definition) is 0. The zero-order valence-electron chi connectivity index (χ0n) is 12.3. The predicted octanol–water partition coefficient (Wildman–Crippen LogP) is 3.83. The smallest absolute Gasteiger partial charge is 0.193 e. The summed E-state index contributed by atoms with van der Waals surface area (Å²) < 4.78 is 11.9. The van der Waals surface area contributed by atoms with E-state index in [2.05, 4.69) is 22.6 Å². The molecule has 4 nitrogen and oxygen atoms in total. The van der Waals surface area contributed by atoms with Crippen molar-refractivity contribution in [2.45, 2.75) is 6.42 Å². The van der Waals surface area contributed by atoms with Crippen LogP contribution < -0.4 is 10.2 Å². The van der Waals surface area contributed by atoms with Gasteiger partial charge in [0.15, 0.2) is 22.5 Å². The Hall–Kier alpha value is -2.15. The number of methoxy groups -OCH3 is 1. The van der Waals surface area contributed by atoms with E-state index in [0.29, 0.717) is 28.0 Å². The monoisotopic (exact) mass is 420 g/mol. The highest BCUT2D eigenvalue weighted by Crippen LogP contribution is 2.27. The van der Waals surface area contributed by atoms with E-state index in [1.807, 2.05) is 6.07 Å². The number of carbonyl (C=O) groups excluding carboxylic acids is 1. The molecule has 3 aromatic rings. The van der Waals surface area contributed by atoms with Crippen molar-refractivity contribution in [2.75, 3.05) is 7.11 Å². The van der Waals surface area contributed by atoms with Gasteiger partial charge in [-0.05, 0) is 34.7 Å². The highest BCUT2D eigenvalue weighted by Gasteiger charge is 2.14. The quantitative estimate of drug-likeness (QED) is 0.476. The number of rotatable bonds is 4. The SMILES string of the molecule is COc1cc(I)cc2c(=O)cc(CC(=O)c3ccccc3)oc12. The van der Waals surface area contributed by atoms with Crippen LogP contribution in [0.1, 0.15) is 16.1 Å². The zero-order chi connectivity index (χ0) is 16.4. The standard InChI is InChI=1S/C18H13IO4/c1-22-17-8-12(19)7-14-16(21)10-13(23-18(14)17)9-15(20)11-5-3-2-4-6-11/h2-8,10H,9H2,1H3. The fourth-order valence-electron chi connectivity index (χ4n) is 2.36.